The summed E-state index contributed by atoms with van der Waals surface area (Å²) in [6.45, 7) is 4.38. The third-order valence-corrected chi connectivity index (χ3v) is 4.25. The molecule has 0 spiro atoms. The summed E-state index contributed by atoms with van der Waals surface area (Å²) in [7, 11) is 0. The van der Waals surface area contributed by atoms with Gasteiger partial charge in [-0.3, -0.25) is 4.79 Å². The molecule has 3 N–H and O–H groups in total. The van der Waals surface area contributed by atoms with Gasteiger partial charge in [-0.2, -0.15) is 0 Å². The molecule has 1 aliphatic carbocycles. The Labute approximate surface area is 119 Å². The van der Waals surface area contributed by atoms with Crippen LogP contribution in [0.3, 0.4) is 0 Å². The zero-order chi connectivity index (χ0) is 14.7. The Balaban J connectivity index is 2.07. The molecule has 1 aliphatic rings. The Hall–Kier alpha value is -1.58. The molecule has 0 bridgehead atoms. The smallest absolute Gasteiger partial charge is 0.251 e. The van der Waals surface area contributed by atoms with E-state index >= 15 is 0 Å². The third kappa shape index (κ3) is 3.30. The number of halogens is 1. The van der Waals surface area contributed by atoms with Crippen LogP contribution in [0.5, 0.6) is 0 Å². The van der Waals surface area contributed by atoms with Crippen LogP contribution in [0.25, 0.3) is 0 Å². The fourth-order valence-electron chi connectivity index (χ4n) is 3.06. The van der Waals surface area contributed by atoms with Crippen molar-refractivity contribution in [1.29, 1.82) is 0 Å². The van der Waals surface area contributed by atoms with Gasteiger partial charge in [0.25, 0.3) is 5.91 Å². The van der Waals surface area contributed by atoms with Gasteiger partial charge in [0.1, 0.15) is 5.82 Å². The molecular formula is C16H23FN2O. The van der Waals surface area contributed by atoms with Gasteiger partial charge in [-0.25, -0.2) is 4.39 Å². The van der Waals surface area contributed by atoms with Crippen LogP contribution in [0.2, 0.25) is 0 Å². The lowest BCUT2D eigenvalue weighted by Gasteiger charge is -2.34. The van der Waals surface area contributed by atoms with E-state index in [1.165, 1.54) is 18.6 Å². The van der Waals surface area contributed by atoms with E-state index in [4.69, 9.17) is 5.73 Å². The lowest BCUT2D eigenvalue weighted by atomic mass is 9.78. The normalized spacial score (nSPS) is 22.8. The number of amides is 1. The average molecular weight is 278 g/mol. The molecule has 2 atom stereocenters. The molecule has 110 valence electrons. The van der Waals surface area contributed by atoms with Crippen molar-refractivity contribution in [3.63, 3.8) is 0 Å². The van der Waals surface area contributed by atoms with Crippen molar-refractivity contribution in [2.75, 3.05) is 5.73 Å². The first-order valence-electron chi connectivity index (χ1n) is 7.35. The number of rotatable bonds is 3. The van der Waals surface area contributed by atoms with Gasteiger partial charge in [0.2, 0.25) is 0 Å². The van der Waals surface area contributed by atoms with Crippen LogP contribution in [-0.4, -0.2) is 11.9 Å². The van der Waals surface area contributed by atoms with Gasteiger partial charge in [-0.15, -0.1) is 0 Å². The van der Waals surface area contributed by atoms with E-state index in [-0.39, 0.29) is 17.6 Å². The second kappa shape index (κ2) is 6.25. The lowest BCUT2D eigenvalue weighted by molar-refractivity contribution is 0.0888. The molecule has 1 amide bonds. The third-order valence-electron chi connectivity index (χ3n) is 4.25. The number of nitrogens with one attached hydrogen (secondary N) is 1. The molecule has 2 rings (SSSR count). The molecule has 1 aromatic rings. The summed E-state index contributed by atoms with van der Waals surface area (Å²) in [5.41, 5.74) is 5.83. The van der Waals surface area contributed by atoms with E-state index in [1.54, 1.807) is 6.07 Å². The molecule has 0 aliphatic heterocycles. The van der Waals surface area contributed by atoms with Gasteiger partial charge in [-0.1, -0.05) is 26.7 Å². The van der Waals surface area contributed by atoms with Crippen LogP contribution in [-0.2, 0) is 0 Å². The molecule has 0 radical (unpaired) electrons. The van der Waals surface area contributed by atoms with E-state index in [0.29, 0.717) is 17.4 Å². The van der Waals surface area contributed by atoms with Crippen molar-refractivity contribution in [2.45, 2.75) is 45.6 Å². The quantitative estimate of drug-likeness (QED) is 0.833. The highest BCUT2D eigenvalue weighted by Crippen LogP contribution is 2.30. The Morgan fingerprint density at radius 3 is 2.70 bits per heavy atom. The summed E-state index contributed by atoms with van der Waals surface area (Å²) in [5.74, 6) is 0.304. The number of hydrogen-bond acceptors (Lipinski definition) is 2. The van der Waals surface area contributed by atoms with Crippen LogP contribution >= 0.6 is 0 Å². The van der Waals surface area contributed by atoms with Gasteiger partial charge >= 0.3 is 0 Å². The number of carbonyl (C=O) groups excluding carboxylic acids is 1. The maximum Gasteiger partial charge on any atom is 0.251 e. The number of nitrogen functional groups attached to an aromatic ring is 1. The minimum Gasteiger partial charge on any atom is -0.396 e. The van der Waals surface area contributed by atoms with Crippen molar-refractivity contribution in [1.82, 2.24) is 5.32 Å². The van der Waals surface area contributed by atoms with E-state index in [0.717, 1.165) is 19.3 Å². The van der Waals surface area contributed by atoms with Crippen LogP contribution in [0.15, 0.2) is 18.2 Å². The first kappa shape index (κ1) is 14.8. The lowest BCUT2D eigenvalue weighted by Crippen LogP contribution is -2.43. The molecule has 1 saturated carbocycles. The molecule has 1 fully saturated rings. The van der Waals surface area contributed by atoms with Crippen molar-refractivity contribution >= 4 is 11.6 Å². The van der Waals surface area contributed by atoms with E-state index in [1.807, 2.05) is 0 Å². The topological polar surface area (TPSA) is 55.1 Å². The Kier molecular flexibility index (Phi) is 4.63. The Morgan fingerprint density at radius 2 is 2.05 bits per heavy atom. The Morgan fingerprint density at radius 1 is 1.35 bits per heavy atom. The number of benzene rings is 1. The van der Waals surface area contributed by atoms with Crippen molar-refractivity contribution in [3.05, 3.63) is 29.6 Å². The monoisotopic (exact) mass is 278 g/mol. The summed E-state index contributed by atoms with van der Waals surface area (Å²) < 4.78 is 13.4. The van der Waals surface area contributed by atoms with Crippen molar-refractivity contribution in [2.24, 2.45) is 11.8 Å². The maximum atomic E-state index is 13.4. The van der Waals surface area contributed by atoms with Gasteiger partial charge in [0, 0.05) is 11.6 Å². The highest BCUT2D eigenvalue weighted by Gasteiger charge is 2.28. The van der Waals surface area contributed by atoms with E-state index < -0.39 is 5.82 Å². The second-order valence-electron chi connectivity index (χ2n) is 6.01. The minimum absolute atomic E-state index is 0.0688. The summed E-state index contributed by atoms with van der Waals surface area (Å²) in [6.07, 6.45) is 4.53. The molecule has 3 nitrogen and oxygen atoms in total. The zero-order valence-corrected chi connectivity index (χ0v) is 12.2. The van der Waals surface area contributed by atoms with Crippen molar-refractivity contribution < 1.29 is 9.18 Å². The molecule has 20 heavy (non-hydrogen) atoms. The number of hydrogen-bond donors (Lipinski definition) is 2. The maximum absolute atomic E-state index is 13.4. The summed E-state index contributed by atoms with van der Waals surface area (Å²) >= 11 is 0. The fourth-order valence-corrected chi connectivity index (χ4v) is 3.06. The second-order valence-corrected chi connectivity index (χ2v) is 6.01. The fraction of sp³-hybridized carbons (Fsp3) is 0.562. The van der Waals surface area contributed by atoms with Crippen LogP contribution in [0, 0.1) is 17.7 Å². The van der Waals surface area contributed by atoms with Crippen molar-refractivity contribution in [3.8, 4) is 0 Å². The Bertz CT molecular complexity index is 487. The summed E-state index contributed by atoms with van der Waals surface area (Å²) in [6, 6.07) is 4.40. The zero-order valence-electron chi connectivity index (χ0n) is 12.2. The summed E-state index contributed by atoms with van der Waals surface area (Å²) in [4.78, 5) is 12.2. The molecule has 0 saturated heterocycles. The van der Waals surface area contributed by atoms with Gasteiger partial charge < -0.3 is 11.1 Å². The highest BCUT2D eigenvalue weighted by atomic mass is 19.1. The first-order valence-corrected chi connectivity index (χ1v) is 7.35. The molecule has 0 aromatic heterocycles. The predicted octanol–water partition coefficient (Wildman–Crippen LogP) is 3.35. The molecule has 1 aromatic carbocycles. The first-order chi connectivity index (χ1) is 9.49. The van der Waals surface area contributed by atoms with E-state index in [9.17, 15) is 9.18 Å². The van der Waals surface area contributed by atoms with Gasteiger partial charge in [0.05, 0.1) is 5.69 Å². The number of nitrogens with two attached hydrogens (primary N) is 1. The molecular weight excluding hydrogens is 255 g/mol. The molecule has 4 heteroatoms. The summed E-state index contributed by atoms with van der Waals surface area (Å²) in [5, 5.41) is 3.07. The highest BCUT2D eigenvalue weighted by molar-refractivity contribution is 5.94. The van der Waals surface area contributed by atoms with Gasteiger partial charge in [0.15, 0.2) is 0 Å². The van der Waals surface area contributed by atoms with Crippen LogP contribution < -0.4 is 11.1 Å². The molecule has 2 unspecified atom stereocenters. The average Bonchev–Trinajstić information content (AvgIpc) is 2.42. The number of anilines is 1. The number of carbonyl (C=O) groups is 1. The van der Waals surface area contributed by atoms with Crippen LogP contribution in [0.4, 0.5) is 10.1 Å². The molecule has 0 heterocycles. The van der Waals surface area contributed by atoms with Crippen LogP contribution in [0.1, 0.15) is 49.9 Å². The SMILES string of the molecule is CC(C)C1CCCCC1NC(=O)c1ccc(N)c(F)c1. The largest absolute Gasteiger partial charge is 0.396 e. The van der Waals surface area contributed by atoms with E-state index in [2.05, 4.69) is 19.2 Å². The van der Waals surface area contributed by atoms with Gasteiger partial charge in [-0.05, 0) is 42.9 Å². The standard InChI is InChI=1S/C16H23FN2O/c1-10(2)12-5-3-4-6-15(12)19-16(20)11-7-8-14(18)13(17)9-11/h7-10,12,15H,3-6,18H2,1-2H3,(H,19,20). The predicted molar refractivity (Wildman–Crippen MR) is 78.9 cm³/mol. The minimum atomic E-state index is -0.540.